The zero-order valence-corrected chi connectivity index (χ0v) is 22.6. The van der Waals surface area contributed by atoms with Gasteiger partial charge in [-0.2, -0.15) is 10.1 Å². The molecule has 2 bridgehead atoms. The van der Waals surface area contributed by atoms with E-state index in [0.29, 0.717) is 17.0 Å². The van der Waals surface area contributed by atoms with Crippen molar-refractivity contribution in [3.05, 3.63) is 122 Å². The summed E-state index contributed by atoms with van der Waals surface area (Å²) in [6.07, 6.45) is 1.55. The van der Waals surface area contributed by atoms with Crippen molar-refractivity contribution >= 4 is 23.7 Å². The Morgan fingerprint density at radius 1 is 0.854 bits per heavy atom. The number of carbonyl (C=O) groups excluding carboxylic acids is 2. The maximum absolute atomic E-state index is 13.8. The fourth-order valence-electron chi connectivity index (χ4n) is 7.15. The topological polar surface area (TPSA) is 107 Å². The van der Waals surface area contributed by atoms with Crippen LogP contribution in [0.1, 0.15) is 51.0 Å². The Morgan fingerprint density at radius 2 is 1.39 bits per heavy atom. The summed E-state index contributed by atoms with van der Waals surface area (Å²) in [7, 11) is 1.47. The Bertz CT molecular complexity index is 1710. The Morgan fingerprint density at radius 3 is 1.88 bits per heavy atom. The number of nitrogens with zero attached hydrogens (tertiary/aromatic N) is 4. The van der Waals surface area contributed by atoms with Crippen LogP contribution in [0.25, 0.3) is 5.69 Å². The first kappa shape index (κ1) is 25.0. The molecule has 2 atom stereocenters. The Balaban J connectivity index is 1.25. The van der Waals surface area contributed by atoms with Gasteiger partial charge in [0, 0.05) is 34.9 Å². The van der Waals surface area contributed by atoms with Crippen molar-refractivity contribution in [1.29, 1.82) is 0 Å². The molecule has 4 aromatic rings. The summed E-state index contributed by atoms with van der Waals surface area (Å²) in [4.78, 5) is 38.5. The van der Waals surface area contributed by atoms with Gasteiger partial charge in [0.05, 0.1) is 41.8 Å². The second-order valence-corrected chi connectivity index (χ2v) is 10.8. The molecule has 8 rings (SSSR count). The van der Waals surface area contributed by atoms with Gasteiger partial charge in [0.2, 0.25) is 0 Å². The molecule has 3 aliphatic carbocycles. The van der Waals surface area contributed by atoms with Crippen molar-refractivity contribution in [1.82, 2.24) is 9.58 Å². The Labute approximate surface area is 235 Å². The van der Waals surface area contributed by atoms with Crippen LogP contribution in [0.15, 0.2) is 77.9 Å². The number of rotatable bonds is 5. The van der Waals surface area contributed by atoms with Crippen LogP contribution >= 0.6 is 0 Å². The summed E-state index contributed by atoms with van der Waals surface area (Å²) in [6, 6.07) is 22.6. The van der Waals surface area contributed by atoms with E-state index in [1.807, 2.05) is 48.7 Å². The van der Waals surface area contributed by atoms with Crippen LogP contribution in [0.2, 0.25) is 0 Å². The van der Waals surface area contributed by atoms with E-state index in [1.165, 1.54) is 19.2 Å². The number of benzene rings is 3. The number of nitro benzene ring substituents is 1. The van der Waals surface area contributed by atoms with E-state index < -0.39 is 16.8 Å². The molecule has 1 fully saturated rings. The molecular weight excluding hydrogens is 520 g/mol. The van der Waals surface area contributed by atoms with Gasteiger partial charge in [-0.1, -0.05) is 48.5 Å². The molecule has 9 heteroatoms. The zero-order chi connectivity index (χ0) is 28.6. The third-order valence-electron chi connectivity index (χ3n) is 8.82. The van der Waals surface area contributed by atoms with Gasteiger partial charge in [-0.05, 0) is 48.2 Å². The molecular formula is C32H26N4O5. The molecule has 0 unspecified atom stereocenters. The van der Waals surface area contributed by atoms with Crippen molar-refractivity contribution in [2.75, 3.05) is 7.11 Å². The number of imide groups is 1. The van der Waals surface area contributed by atoms with Gasteiger partial charge in [-0.25, -0.2) is 0 Å². The lowest BCUT2D eigenvalue weighted by molar-refractivity contribution is -0.384. The van der Waals surface area contributed by atoms with Crippen LogP contribution in [0.5, 0.6) is 5.75 Å². The van der Waals surface area contributed by atoms with Gasteiger partial charge in [0.25, 0.3) is 17.5 Å². The van der Waals surface area contributed by atoms with Crippen molar-refractivity contribution in [2.45, 2.75) is 25.7 Å². The number of hydrogen-bond donors (Lipinski definition) is 0. The van der Waals surface area contributed by atoms with Gasteiger partial charge in [0.15, 0.2) is 0 Å². The summed E-state index contributed by atoms with van der Waals surface area (Å²) in [5.74, 6) is -1.56. The van der Waals surface area contributed by atoms with E-state index in [0.717, 1.165) is 38.7 Å². The molecule has 2 heterocycles. The molecule has 3 aromatic carbocycles. The van der Waals surface area contributed by atoms with Crippen LogP contribution < -0.4 is 4.74 Å². The van der Waals surface area contributed by atoms with Crippen molar-refractivity contribution < 1.29 is 19.2 Å². The van der Waals surface area contributed by atoms with Gasteiger partial charge in [-0.3, -0.25) is 19.7 Å². The first-order valence-corrected chi connectivity index (χ1v) is 13.4. The van der Waals surface area contributed by atoms with E-state index in [2.05, 4.69) is 29.4 Å². The monoisotopic (exact) mass is 546 g/mol. The van der Waals surface area contributed by atoms with E-state index in [4.69, 9.17) is 4.74 Å². The lowest BCUT2D eigenvalue weighted by Gasteiger charge is -2.45. The molecule has 4 aliphatic rings. The molecule has 204 valence electrons. The average molecular weight is 547 g/mol. The summed E-state index contributed by atoms with van der Waals surface area (Å²) >= 11 is 0. The first-order valence-electron chi connectivity index (χ1n) is 13.4. The van der Waals surface area contributed by atoms with E-state index in [9.17, 15) is 19.7 Å². The minimum Gasteiger partial charge on any atom is -0.494 e. The average Bonchev–Trinajstić information content (AvgIpc) is 3.41. The highest BCUT2D eigenvalue weighted by atomic mass is 16.6. The second-order valence-electron chi connectivity index (χ2n) is 10.8. The standard InChI is InChI=1S/C32H26N4O5/c1-17-14-19(18(2)34(17)25-13-12-20(36(39)40)15-26(25)41-3)16-33-35-31(37)29-27-21-8-4-5-9-22(21)28(30(29)32(35)38)24-11-7-6-10-23(24)27/h4-16,27-30H,1-3H3/b33-16-/t27?,28?,29-,30-/m1/s1. The van der Waals surface area contributed by atoms with Gasteiger partial charge < -0.3 is 9.30 Å². The van der Waals surface area contributed by atoms with Gasteiger partial charge in [-0.15, -0.1) is 0 Å². The molecule has 41 heavy (non-hydrogen) atoms. The third-order valence-corrected chi connectivity index (χ3v) is 8.82. The quantitative estimate of drug-likeness (QED) is 0.147. The van der Waals surface area contributed by atoms with Crippen LogP contribution in [-0.4, -0.2) is 39.6 Å². The lowest BCUT2D eigenvalue weighted by Crippen LogP contribution is -2.41. The molecule has 0 spiro atoms. The summed E-state index contributed by atoms with van der Waals surface area (Å²) in [5.41, 5.74) is 7.38. The molecule has 1 aliphatic heterocycles. The molecule has 0 N–H and O–H groups in total. The number of ether oxygens (including phenoxy) is 1. The molecule has 2 amide bonds. The predicted molar refractivity (Wildman–Crippen MR) is 151 cm³/mol. The van der Waals surface area contributed by atoms with Crippen LogP contribution in [-0.2, 0) is 9.59 Å². The number of hydrogen-bond acceptors (Lipinski definition) is 6. The lowest BCUT2D eigenvalue weighted by atomic mass is 9.55. The van der Waals surface area contributed by atoms with Crippen LogP contribution in [0, 0.1) is 35.8 Å². The van der Waals surface area contributed by atoms with Gasteiger partial charge in [0.1, 0.15) is 5.75 Å². The number of aryl methyl sites for hydroxylation is 1. The minimum absolute atomic E-state index is 0.0689. The second kappa shape index (κ2) is 8.99. The highest BCUT2D eigenvalue weighted by Gasteiger charge is 2.61. The minimum atomic E-state index is -0.494. The number of amides is 2. The normalized spacial score (nSPS) is 22.2. The van der Waals surface area contributed by atoms with Crippen molar-refractivity contribution in [2.24, 2.45) is 16.9 Å². The largest absolute Gasteiger partial charge is 0.494 e. The maximum Gasteiger partial charge on any atom is 0.273 e. The SMILES string of the molecule is COc1cc([N+](=O)[O-])ccc1-n1c(C)cc(/C=N\N2C(=O)[C@@H]3C4c5ccccc5C(c5ccccc54)[C@H]3C2=O)c1C. The predicted octanol–water partition coefficient (Wildman–Crippen LogP) is 5.24. The van der Waals surface area contributed by atoms with Crippen molar-refractivity contribution in [3.8, 4) is 11.4 Å². The summed E-state index contributed by atoms with van der Waals surface area (Å²) < 4.78 is 7.36. The van der Waals surface area contributed by atoms with E-state index >= 15 is 0 Å². The third kappa shape index (κ3) is 3.45. The first-order chi connectivity index (χ1) is 19.8. The highest BCUT2D eigenvalue weighted by molar-refractivity contribution is 6.08. The number of nitro groups is 1. The Hall–Kier alpha value is -5.05. The fraction of sp³-hybridized carbons (Fsp3) is 0.219. The number of methoxy groups -OCH3 is 1. The molecule has 1 aromatic heterocycles. The number of aromatic nitrogens is 1. The number of carbonyl (C=O) groups is 2. The molecule has 9 nitrogen and oxygen atoms in total. The molecule has 1 saturated heterocycles. The molecule has 0 radical (unpaired) electrons. The number of hydrazone groups is 1. The van der Waals surface area contributed by atoms with E-state index in [-0.39, 0.29) is 29.3 Å². The smallest absolute Gasteiger partial charge is 0.273 e. The maximum atomic E-state index is 13.8. The summed E-state index contributed by atoms with van der Waals surface area (Å²) in [5, 5.41) is 16.8. The Kier molecular flexibility index (Phi) is 5.47. The zero-order valence-electron chi connectivity index (χ0n) is 22.6. The highest BCUT2D eigenvalue weighted by Crippen LogP contribution is 2.61. The number of non-ortho nitro benzene ring substituents is 1. The van der Waals surface area contributed by atoms with Crippen LogP contribution in [0.4, 0.5) is 5.69 Å². The van der Waals surface area contributed by atoms with E-state index in [1.54, 1.807) is 12.3 Å². The van der Waals surface area contributed by atoms with Crippen LogP contribution in [0.3, 0.4) is 0 Å². The van der Waals surface area contributed by atoms with Crippen molar-refractivity contribution in [3.63, 3.8) is 0 Å². The molecule has 0 saturated carbocycles. The fourth-order valence-corrected chi connectivity index (χ4v) is 7.15. The van der Waals surface area contributed by atoms with Gasteiger partial charge >= 0.3 is 0 Å². The summed E-state index contributed by atoms with van der Waals surface area (Å²) in [6.45, 7) is 3.79.